The van der Waals surface area contributed by atoms with Gasteiger partial charge in [-0.1, -0.05) is 78.9 Å². The number of hydrogen-bond acceptors (Lipinski definition) is 2. The second-order valence-electron chi connectivity index (χ2n) is 8.09. The van der Waals surface area contributed by atoms with Gasteiger partial charge in [-0.2, -0.15) is 0 Å². The molecule has 1 atom stereocenters. The van der Waals surface area contributed by atoms with Crippen LogP contribution in [0.5, 0.6) is 0 Å². The lowest BCUT2D eigenvalue weighted by Gasteiger charge is -2.22. The lowest BCUT2D eigenvalue weighted by molar-refractivity contribution is 0.568. The lowest BCUT2D eigenvalue weighted by atomic mass is 9.93. The normalized spacial score (nSPS) is 18.2. The molecule has 2 heteroatoms. The van der Waals surface area contributed by atoms with Gasteiger partial charge in [-0.25, -0.2) is 0 Å². The Labute approximate surface area is 175 Å². The molecule has 146 valence electrons. The first-order valence-corrected chi connectivity index (χ1v) is 10.7. The molecule has 1 heterocycles. The molecule has 0 saturated heterocycles. The van der Waals surface area contributed by atoms with Crippen LogP contribution in [0.1, 0.15) is 24.8 Å². The molecule has 2 nitrogen and oxygen atoms in total. The van der Waals surface area contributed by atoms with Crippen molar-refractivity contribution in [2.75, 3.05) is 0 Å². The highest BCUT2D eigenvalue weighted by molar-refractivity contribution is 5.96. The van der Waals surface area contributed by atoms with Crippen molar-refractivity contribution >= 4 is 39.1 Å². The summed E-state index contributed by atoms with van der Waals surface area (Å²) >= 11 is 0. The summed E-state index contributed by atoms with van der Waals surface area (Å²) < 4.78 is 6.08. The van der Waals surface area contributed by atoms with Crippen LogP contribution in [-0.2, 0) is 0 Å². The molecule has 1 unspecified atom stereocenters. The summed E-state index contributed by atoms with van der Waals surface area (Å²) in [5.74, 6) is 0. The largest absolute Gasteiger partial charge is 0.456 e. The zero-order valence-corrected chi connectivity index (χ0v) is 16.8. The van der Waals surface area contributed by atoms with Crippen LogP contribution in [0.15, 0.2) is 89.4 Å². The van der Waals surface area contributed by atoms with E-state index in [2.05, 4.69) is 90.3 Å². The molecule has 2 aliphatic carbocycles. The molecule has 0 aliphatic heterocycles. The van der Waals surface area contributed by atoms with Crippen LogP contribution in [0.4, 0.5) is 0 Å². The monoisotopic (exact) mass is 389 g/mol. The Kier molecular flexibility index (Phi) is 4.09. The molecule has 2 aliphatic rings. The van der Waals surface area contributed by atoms with Gasteiger partial charge < -0.3 is 9.73 Å². The van der Waals surface area contributed by atoms with Gasteiger partial charge in [-0.15, -0.1) is 0 Å². The number of hydrogen-bond donors (Lipinski definition) is 1. The third-order valence-electron chi connectivity index (χ3n) is 6.21. The molecule has 6 rings (SSSR count). The fourth-order valence-corrected chi connectivity index (χ4v) is 4.76. The van der Waals surface area contributed by atoms with Gasteiger partial charge in [-0.3, -0.25) is 0 Å². The summed E-state index contributed by atoms with van der Waals surface area (Å²) in [6, 6.07) is 23.8. The number of fused-ring (bicyclic) bond motifs is 4. The molecule has 0 amide bonds. The molecule has 0 saturated carbocycles. The van der Waals surface area contributed by atoms with Crippen molar-refractivity contribution < 1.29 is 4.42 Å². The van der Waals surface area contributed by atoms with E-state index in [1.807, 2.05) is 6.07 Å². The zero-order chi connectivity index (χ0) is 19.9. The Hall–Kier alpha value is -3.52. The number of furan rings is 1. The van der Waals surface area contributed by atoms with Crippen molar-refractivity contribution in [3.8, 4) is 0 Å². The highest BCUT2D eigenvalue weighted by atomic mass is 16.3. The van der Waals surface area contributed by atoms with Gasteiger partial charge in [0.15, 0.2) is 0 Å². The third kappa shape index (κ3) is 2.88. The minimum Gasteiger partial charge on any atom is -0.456 e. The van der Waals surface area contributed by atoms with Crippen LogP contribution >= 0.6 is 0 Å². The maximum atomic E-state index is 6.08. The fourth-order valence-electron chi connectivity index (χ4n) is 4.76. The van der Waals surface area contributed by atoms with Gasteiger partial charge in [0.1, 0.15) is 11.0 Å². The van der Waals surface area contributed by atoms with Gasteiger partial charge >= 0.3 is 0 Å². The summed E-state index contributed by atoms with van der Waals surface area (Å²) in [5.41, 5.74) is 5.90. The maximum absolute atomic E-state index is 6.08. The van der Waals surface area contributed by atoms with E-state index in [4.69, 9.17) is 4.42 Å². The summed E-state index contributed by atoms with van der Waals surface area (Å²) in [4.78, 5) is 0. The number of nitrogens with one attached hydrogen (secondary N) is 1. The van der Waals surface area contributed by atoms with Crippen LogP contribution in [-0.4, -0.2) is 6.04 Å². The van der Waals surface area contributed by atoms with Gasteiger partial charge in [0.2, 0.25) is 0 Å². The van der Waals surface area contributed by atoms with Crippen molar-refractivity contribution in [1.82, 2.24) is 5.32 Å². The Morgan fingerprint density at radius 1 is 0.833 bits per heavy atom. The SMILES string of the molecule is C1=CC(NC2=c3c(oc4ccccc34)=CCC2)CC=C1c1cccc2ccccc12. The minimum absolute atomic E-state index is 0.304. The average Bonchev–Trinajstić information content (AvgIpc) is 3.19. The van der Waals surface area contributed by atoms with Crippen LogP contribution in [0, 0.1) is 0 Å². The van der Waals surface area contributed by atoms with E-state index >= 15 is 0 Å². The van der Waals surface area contributed by atoms with Gasteiger partial charge in [0, 0.05) is 22.3 Å². The maximum Gasteiger partial charge on any atom is 0.135 e. The predicted octanol–water partition coefficient (Wildman–Crippen LogP) is 5.27. The first-order valence-electron chi connectivity index (χ1n) is 10.7. The number of rotatable bonds is 3. The summed E-state index contributed by atoms with van der Waals surface area (Å²) in [6.07, 6.45) is 12.2. The molecular formula is C28H23NO. The highest BCUT2D eigenvalue weighted by Gasteiger charge is 2.16. The van der Waals surface area contributed by atoms with Gasteiger partial charge in [0.25, 0.3) is 0 Å². The Morgan fingerprint density at radius 3 is 2.57 bits per heavy atom. The van der Waals surface area contributed by atoms with Crippen molar-refractivity contribution in [1.29, 1.82) is 0 Å². The second-order valence-corrected chi connectivity index (χ2v) is 8.09. The number of benzene rings is 3. The fraction of sp³-hybridized carbons (Fsp3) is 0.143. The van der Waals surface area contributed by atoms with E-state index in [0.29, 0.717) is 6.04 Å². The highest BCUT2D eigenvalue weighted by Crippen LogP contribution is 2.29. The third-order valence-corrected chi connectivity index (χ3v) is 6.21. The van der Waals surface area contributed by atoms with Gasteiger partial charge in [-0.05, 0) is 53.3 Å². The molecule has 4 aromatic rings. The first kappa shape index (κ1) is 17.3. The quantitative estimate of drug-likeness (QED) is 0.516. The van der Waals surface area contributed by atoms with Crippen LogP contribution in [0.3, 0.4) is 0 Å². The molecule has 1 aromatic heterocycles. The van der Waals surface area contributed by atoms with E-state index in [1.165, 1.54) is 38.2 Å². The summed E-state index contributed by atoms with van der Waals surface area (Å²) in [6.45, 7) is 0. The zero-order valence-electron chi connectivity index (χ0n) is 16.8. The van der Waals surface area contributed by atoms with Gasteiger partial charge in [0.05, 0.1) is 0 Å². The Bertz CT molecular complexity index is 1450. The smallest absolute Gasteiger partial charge is 0.135 e. The Balaban J connectivity index is 1.32. The first-order chi connectivity index (χ1) is 14.9. The number of allylic oxidation sites excluding steroid dienone is 2. The van der Waals surface area contributed by atoms with Crippen molar-refractivity contribution in [2.24, 2.45) is 0 Å². The second kappa shape index (κ2) is 7.07. The average molecular weight is 389 g/mol. The molecular weight excluding hydrogens is 366 g/mol. The molecule has 0 bridgehead atoms. The lowest BCUT2D eigenvalue weighted by Crippen LogP contribution is -2.36. The van der Waals surface area contributed by atoms with Crippen molar-refractivity contribution in [2.45, 2.75) is 25.3 Å². The molecule has 30 heavy (non-hydrogen) atoms. The molecule has 0 radical (unpaired) electrons. The number of para-hydroxylation sites is 1. The van der Waals surface area contributed by atoms with Crippen LogP contribution in [0.25, 0.3) is 39.1 Å². The van der Waals surface area contributed by atoms with Crippen LogP contribution < -0.4 is 16.0 Å². The summed E-state index contributed by atoms with van der Waals surface area (Å²) in [7, 11) is 0. The molecule has 1 N–H and O–H groups in total. The molecule has 0 spiro atoms. The Morgan fingerprint density at radius 2 is 1.67 bits per heavy atom. The topological polar surface area (TPSA) is 25.2 Å². The summed E-state index contributed by atoms with van der Waals surface area (Å²) in [5, 5.41) is 8.86. The van der Waals surface area contributed by atoms with Crippen molar-refractivity contribution in [3.05, 3.63) is 101 Å². The molecule has 3 aromatic carbocycles. The molecule has 0 fully saturated rings. The van der Waals surface area contributed by atoms with E-state index in [0.717, 1.165) is 30.3 Å². The van der Waals surface area contributed by atoms with Crippen molar-refractivity contribution in [3.63, 3.8) is 0 Å². The van der Waals surface area contributed by atoms with E-state index in [-0.39, 0.29) is 0 Å². The predicted molar refractivity (Wildman–Crippen MR) is 125 cm³/mol. The van der Waals surface area contributed by atoms with E-state index < -0.39 is 0 Å². The van der Waals surface area contributed by atoms with E-state index in [1.54, 1.807) is 0 Å². The van der Waals surface area contributed by atoms with E-state index in [9.17, 15) is 0 Å². The van der Waals surface area contributed by atoms with Crippen LogP contribution in [0.2, 0.25) is 0 Å². The standard InChI is InChI=1S/C28H23NO/c1-2-9-22-19(7-1)8-5-11-23(22)20-15-17-21(18-16-20)29-25-12-6-14-27-28(25)24-10-3-4-13-26(24)30-27/h1-5,7-11,13-17,21,29H,6,12,18H2. The minimum atomic E-state index is 0.304.